The van der Waals surface area contributed by atoms with Gasteiger partial charge in [-0.3, -0.25) is 9.36 Å². The molecule has 3 aromatic rings. The Morgan fingerprint density at radius 1 is 1.04 bits per heavy atom. The van der Waals surface area contributed by atoms with Crippen LogP contribution in [0.5, 0.6) is 0 Å². The number of fused-ring (bicyclic) bond motifs is 1. The van der Waals surface area contributed by atoms with E-state index in [1.165, 1.54) is 0 Å². The SMILES string of the molecule is O=c1c2c(C#CC3(O)COC3)cccc2ccn1-c1ccccc1. The van der Waals surface area contributed by atoms with Gasteiger partial charge in [-0.25, -0.2) is 0 Å². The van der Waals surface area contributed by atoms with Crippen LogP contribution in [0, 0.1) is 11.8 Å². The van der Waals surface area contributed by atoms with Crippen LogP contribution in [0.4, 0.5) is 0 Å². The first-order chi connectivity index (χ1) is 11.7. The molecule has 0 radical (unpaired) electrons. The molecule has 2 aromatic carbocycles. The van der Waals surface area contributed by atoms with Crippen molar-refractivity contribution < 1.29 is 9.84 Å². The fourth-order valence-corrected chi connectivity index (χ4v) is 2.74. The van der Waals surface area contributed by atoms with Crippen LogP contribution >= 0.6 is 0 Å². The summed E-state index contributed by atoms with van der Waals surface area (Å²) in [7, 11) is 0. The lowest BCUT2D eigenvalue weighted by Crippen LogP contribution is -2.48. The smallest absolute Gasteiger partial charge is 0.264 e. The van der Waals surface area contributed by atoms with Gasteiger partial charge in [-0.05, 0) is 29.7 Å². The van der Waals surface area contributed by atoms with Gasteiger partial charge in [-0.1, -0.05) is 42.2 Å². The minimum atomic E-state index is -1.10. The maximum Gasteiger partial charge on any atom is 0.264 e. The largest absolute Gasteiger partial charge is 0.373 e. The number of hydrogen-bond acceptors (Lipinski definition) is 3. The molecular weight excluding hydrogens is 302 g/mol. The van der Waals surface area contributed by atoms with E-state index in [1.807, 2.05) is 48.5 Å². The second kappa shape index (κ2) is 5.64. The quantitative estimate of drug-likeness (QED) is 0.699. The minimum absolute atomic E-state index is 0.125. The Hall–Kier alpha value is -2.87. The third-order valence-electron chi connectivity index (χ3n) is 4.08. The van der Waals surface area contributed by atoms with Gasteiger partial charge < -0.3 is 9.84 Å². The number of pyridine rings is 1. The summed E-state index contributed by atoms with van der Waals surface area (Å²) in [4.78, 5) is 13.0. The monoisotopic (exact) mass is 317 g/mol. The van der Waals surface area contributed by atoms with E-state index in [-0.39, 0.29) is 18.8 Å². The summed E-state index contributed by atoms with van der Waals surface area (Å²) in [6.45, 7) is 0.415. The molecule has 4 nitrogen and oxygen atoms in total. The van der Waals surface area contributed by atoms with Gasteiger partial charge in [0.15, 0.2) is 5.60 Å². The first kappa shape index (κ1) is 14.7. The van der Waals surface area contributed by atoms with Gasteiger partial charge in [-0.15, -0.1) is 0 Å². The zero-order chi connectivity index (χ0) is 16.6. The van der Waals surface area contributed by atoms with Crippen molar-refractivity contribution in [1.82, 2.24) is 4.57 Å². The first-order valence-electron chi connectivity index (χ1n) is 7.69. The van der Waals surface area contributed by atoms with Crippen LogP contribution in [-0.4, -0.2) is 28.5 Å². The number of aromatic nitrogens is 1. The Morgan fingerprint density at radius 2 is 1.83 bits per heavy atom. The van der Waals surface area contributed by atoms with Crippen molar-refractivity contribution in [1.29, 1.82) is 0 Å². The Morgan fingerprint density at radius 3 is 2.54 bits per heavy atom. The maximum absolute atomic E-state index is 13.0. The van der Waals surface area contributed by atoms with Crippen molar-refractivity contribution >= 4 is 10.8 Å². The number of nitrogens with zero attached hydrogens (tertiary/aromatic N) is 1. The third kappa shape index (κ3) is 2.50. The molecule has 0 bridgehead atoms. The van der Waals surface area contributed by atoms with E-state index in [4.69, 9.17) is 4.74 Å². The fourth-order valence-electron chi connectivity index (χ4n) is 2.74. The highest BCUT2D eigenvalue weighted by Gasteiger charge is 2.33. The molecule has 0 spiro atoms. The topological polar surface area (TPSA) is 51.5 Å². The standard InChI is InChI=1S/C20H15NO3/c22-19-18-15(9-11-20(23)13-24-14-20)5-4-6-16(18)10-12-21(19)17-7-2-1-3-8-17/h1-8,10,12,23H,13-14H2. The molecule has 4 heteroatoms. The molecule has 0 atom stereocenters. The van der Waals surface area contributed by atoms with Crippen LogP contribution in [-0.2, 0) is 4.74 Å². The van der Waals surface area contributed by atoms with Gasteiger partial charge in [0.1, 0.15) is 0 Å². The molecule has 0 unspecified atom stereocenters. The zero-order valence-electron chi connectivity index (χ0n) is 12.9. The lowest BCUT2D eigenvalue weighted by Gasteiger charge is -2.30. The van der Waals surface area contributed by atoms with E-state index in [1.54, 1.807) is 16.8 Å². The summed E-state index contributed by atoms with van der Waals surface area (Å²) in [5, 5.41) is 11.4. The Labute approximate surface area is 138 Å². The molecule has 1 aliphatic rings. The molecule has 1 fully saturated rings. The molecule has 118 valence electrons. The van der Waals surface area contributed by atoms with Crippen LogP contribution in [0.1, 0.15) is 5.56 Å². The van der Waals surface area contributed by atoms with Crippen molar-refractivity contribution in [3.63, 3.8) is 0 Å². The van der Waals surface area contributed by atoms with Crippen molar-refractivity contribution in [2.45, 2.75) is 5.60 Å². The first-order valence-corrected chi connectivity index (χ1v) is 7.69. The maximum atomic E-state index is 13.0. The van der Waals surface area contributed by atoms with Gasteiger partial charge in [0.2, 0.25) is 0 Å². The number of ether oxygens (including phenoxy) is 1. The van der Waals surface area contributed by atoms with Crippen LogP contribution in [0.25, 0.3) is 16.5 Å². The lowest BCUT2D eigenvalue weighted by atomic mass is 10.0. The Bertz CT molecular complexity index is 1020. The normalized spacial score (nSPS) is 15.4. The highest BCUT2D eigenvalue weighted by atomic mass is 16.5. The van der Waals surface area contributed by atoms with Gasteiger partial charge in [0.05, 0.1) is 18.6 Å². The summed E-state index contributed by atoms with van der Waals surface area (Å²) in [5.41, 5.74) is 0.191. The molecule has 4 rings (SSSR count). The van der Waals surface area contributed by atoms with Crippen LogP contribution in [0.3, 0.4) is 0 Å². The number of aliphatic hydroxyl groups is 1. The molecule has 2 heterocycles. The highest BCUT2D eigenvalue weighted by Crippen LogP contribution is 2.18. The second-order valence-electron chi connectivity index (χ2n) is 5.87. The molecule has 0 aliphatic carbocycles. The van der Waals surface area contributed by atoms with E-state index < -0.39 is 5.60 Å². The molecule has 1 saturated heterocycles. The number of benzene rings is 2. The van der Waals surface area contributed by atoms with E-state index >= 15 is 0 Å². The summed E-state index contributed by atoms with van der Waals surface area (Å²) in [5.74, 6) is 5.78. The van der Waals surface area contributed by atoms with Gasteiger partial charge >= 0.3 is 0 Å². The van der Waals surface area contributed by atoms with Crippen molar-refractivity contribution in [2.24, 2.45) is 0 Å². The molecule has 24 heavy (non-hydrogen) atoms. The summed E-state index contributed by atoms with van der Waals surface area (Å²) < 4.78 is 6.60. The molecule has 1 aliphatic heterocycles. The van der Waals surface area contributed by atoms with Crippen LogP contribution in [0.15, 0.2) is 65.6 Å². The van der Waals surface area contributed by atoms with Crippen LogP contribution < -0.4 is 5.56 Å². The average Bonchev–Trinajstić information content (AvgIpc) is 2.59. The van der Waals surface area contributed by atoms with E-state index in [2.05, 4.69) is 11.8 Å². The highest BCUT2D eigenvalue weighted by molar-refractivity contribution is 5.87. The predicted molar refractivity (Wildman–Crippen MR) is 92.2 cm³/mol. The van der Waals surface area contributed by atoms with E-state index in [0.717, 1.165) is 11.1 Å². The average molecular weight is 317 g/mol. The summed E-state index contributed by atoms with van der Waals surface area (Å²) in [6.07, 6.45) is 1.77. The van der Waals surface area contributed by atoms with E-state index in [9.17, 15) is 9.90 Å². The molecule has 0 amide bonds. The van der Waals surface area contributed by atoms with Gasteiger partial charge in [0, 0.05) is 17.4 Å². The molecule has 1 N–H and O–H groups in total. The number of rotatable bonds is 1. The summed E-state index contributed by atoms with van der Waals surface area (Å²) >= 11 is 0. The van der Waals surface area contributed by atoms with Crippen molar-refractivity contribution in [2.75, 3.05) is 13.2 Å². The zero-order valence-corrected chi connectivity index (χ0v) is 12.9. The Kier molecular flexibility index (Phi) is 3.46. The second-order valence-corrected chi connectivity index (χ2v) is 5.87. The third-order valence-corrected chi connectivity index (χ3v) is 4.08. The van der Waals surface area contributed by atoms with Gasteiger partial charge in [0.25, 0.3) is 5.56 Å². The summed E-state index contributed by atoms with van der Waals surface area (Å²) in [6, 6.07) is 16.9. The van der Waals surface area contributed by atoms with Crippen LogP contribution in [0.2, 0.25) is 0 Å². The van der Waals surface area contributed by atoms with Crippen molar-refractivity contribution in [3.05, 3.63) is 76.7 Å². The lowest BCUT2D eigenvalue weighted by molar-refractivity contribution is -0.140. The molecular formula is C20H15NO3. The fraction of sp³-hybridized carbons (Fsp3) is 0.150. The number of para-hydroxylation sites is 1. The molecule has 0 saturated carbocycles. The Balaban J connectivity index is 1.91. The number of hydrogen-bond donors (Lipinski definition) is 1. The van der Waals surface area contributed by atoms with Crippen molar-refractivity contribution in [3.8, 4) is 17.5 Å². The minimum Gasteiger partial charge on any atom is -0.373 e. The van der Waals surface area contributed by atoms with E-state index in [0.29, 0.717) is 10.9 Å². The predicted octanol–water partition coefficient (Wildman–Crippen LogP) is 2.10. The van der Waals surface area contributed by atoms with Gasteiger partial charge in [-0.2, -0.15) is 0 Å². The molecule has 1 aromatic heterocycles.